The first-order valence-electron chi connectivity index (χ1n) is 7.48. The van der Waals surface area contributed by atoms with E-state index in [9.17, 15) is 14.9 Å². The molecule has 2 aromatic carbocycles. The van der Waals surface area contributed by atoms with E-state index in [1.165, 1.54) is 31.4 Å². The van der Waals surface area contributed by atoms with E-state index in [0.717, 1.165) is 5.56 Å². The second kappa shape index (κ2) is 6.56. The Morgan fingerprint density at radius 1 is 1.28 bits per heavy atom. The first-order chi connectivity index (χ1) is 12.0. The number of benzene rings is 2. The summed E-state index contributed by atoms with van der Waals surface area (Å²) < 4.78 is 6.24. The average Bonchev–Trinajstić information content (AvgIpc) is 2.97. The minimum Gasteiger partial charge on any atom is -0.466 e. The number of carbonyl (C=O) groups excluding carboxylic acids is 1. The van der Waals surface area contributed by atoms with Gasteiger partial charge in [-0.1, -0.05) is 30.3 Å². The molecule has 7 heteroatoms. The average molecular weight is 337 g/mol. The van der Waals surface area contributed by atoms with Crippen molar-refractivity contribution in [2.24, 2.45) is 7.05 Å². The van der Waals surface area contributed by atoms with Crippen LogP contribution >= 0.6 is 0 Å². The van der Waals surface area contributed by atoms with Crippen molar-refractivity contribution in [2.45, 2.75) is 0 Å². The van der Waals surface area contributed by atoms with Gasteiger partial charge in [0, 0.05) is 41.8 Å². The Labute approximate surface area is 143 Å². The van der Waals surface area contributed by atoms with Crippen molar-refractivity contribution in [3.05, 3.63) is 64.2 Å². The van der Waals surface area contributed by atoms with Crippen LogP contribution in [-0.4, -0.2) is 27.8 Å². The number of hydrogen-bond donors (Lipinski definition) is 0. The number of fused-ring (bicyclic) bond motifs is 1. The Morgan fingerprint density at radius 3 is 2.64 bits per heavy atom. The van der Waals surface area contributed by atoms with Crippen molar-refractivity contribution in [2.75, 3.05) is 7.11 Å². The summed E-state index contributed by atoms with van der Waals surface area (Å²) >= 11 is 0. The second-order valence-corrected chi connectivity index (χ2v) is 5.38. The lowest BCUT2D eigenvalue weighted by molar-refractivity contribution is -0.384. The van der Waals surface area contributed by atoms with Gasteiger partial charge in [-0.05, 0) is 6.08 Å². The highest BCUT2D eigenvalue weighted by Crippen LogP contribution is 2.33. The third-order valence-corrected chi connectivity index (χ3v) is 3.81. The number of methoxy groups -OCH3 is 1. The quantitative estimate of drug-likeness (QED) is 0.315. The van der Waals surface area contributed by atoms with E-state index >= 15 is 0 Å². The topological polar surface area (TPSA) is 87.3 Å². The molecule has 0 bridgehead atoms. The van der Waals surface area contributed by atoms with Crippen LogP contribution < -0.4 is 0 Å². The SMILES string of the molecule is COC(=O)/C=C/c1cc([N+](=O)[O-])cc2c(-c3ccccc3)nn(C)c12. The molecule has 0 unspecified atom stereocenters. The lowest BCUT2D eigenvalue weighted by Crippen LogP contribution is -1.96. The summed E-state index contributed by atoms with van der Waals surface area (Å²) in [5.41, 5.74) is 2.66. The fourth-order valence-corrected chi connectivity index (χ4v) is 2.70. The van der Waals surface area contributed by atoms with E-state index in [1.807, 2.05) is 30.3 Å². The molecule has 3 rings (SSSR count). The molecule has 0 atom stereocenters. The van der Waals surface area contributed by atoms with Gasteiger partial charge in [-0.25, -0.2) is 4.79 Å². The van der Waals surface area contributed by atoms with Crippen LogP contribution in [-0.2, 0) is 16.6 Å². The summed E-state index contributed by atoms with van der Waals surface area (Å²) in [6.07, 6.45) is 2.73. The number of esters is 1. The highest BCUT2D eigenvalue weighted by Gasteiger charge is 2.18. The fourth-order valence-electron chi connectivity index (χ4n) is 2.70. The van der Waals surface area contributed by atoms with Gasteiger partial charge in [-0.15, -0.1) is 0 Å². The lowest BCUT2D eigenvalue weighted by atomic mass is 10.0. The van der Waals surface area contributed by atoms with E-state index in [-0.39, 0.29) is 5.69 Å². The van der Waals surface area contributed by atoms with Crippen molar-refractivity contribution in [1.29, 1.82) is 0 Å². The molecule has 0 radical (unpaired) electrons. The van der Waals surface area contributed by atoms with Crippen molar-refractivity contribution in [1.82, 2.24) is 9.78 Å². The summed E-state index contributed by atoms with van der Waals surface area (Å²) in [4.78, 5) is 22.2. The van der Waals surface area contributed by atoms with Gasteiger partial charge in [-0.3, -0.25) is 14.8 Å². The zero-order valence-corrected chi connectivity index (χ0v) is 13.7. The highest BCUT2D eigenvalue weighted by atomic mass is 16.6. The van der Waals surface area contributed by atoms with Crippen LogP contribution in [0.15, 0.2) is 48.5 Å². The Kier molecular flexibility index (Phi) is 4.30. The molecule has 0 amide bonds. The van der Waals surface area contributed by atoms with E-state index < -0.39 is 10.9 Å². The van der Waals surface area contributed by atoms with Crippen LogP contribution in [0.25, 0.3) is 28.2 Å². The maximum Gasteiger partial charge on any atom is 0.330 e. The fraction of sp³-hybridized carbons (Fsp3) is 0.111. The smallest absolute Gasteiger partial charge is 0.330 e. The number of aromatic nitrogens is 2. The molecule has 0 aliphatic carbocycles. The predicted octanol–water partition coefficient (Wildman–Crippen LogP) is 3.33. The van der Waals surface area contributed by atoms with Gasteiger partial charge in [0.15, 0.2) is 0 Å². The van der Waals surface area contributed by atoms with Crippen LogP contribution in [0.4, 0.5) is 5.69 Å². The van der Waals surface area contributed by atoms with Crippen molar-refractivity contribution in [3.8, 4) is 11.3 Å². The summed E-state index contributed by atoms with van der Waals surface area (Å²) in [5, 5.41) is 16.5. The molecule has 7 nitrogen and oxygen atoms in total. The number of ether oxygens (including phenoxy) is 1. The third-order valence-electron chi connectivity index (χ3n) is 3.81. The number of nitro groups is 1. The summed E-state index contributed by atoms with van der Waals surface area (Å²) in [6.45, 7) is 0. The first-order valence-corrected chi connectivity index (χ1v) is 7.48. The second-order valence-electron chi connectivity index (χ2n) is 5.38. The number of nitro benzene ring substituents is 1. The number of hydrogen-bond acceptors (Lipinski definition) is 5. The number of aryl methyl sites for hydroxylation is 1. The molecule has 25 heavy (non-hydrogen) atoms. The molecule has 0 saturated carbocycles. The number of carbonyl (C=O) groups is 1. The van der Waals surface area contributed by atoms with Crippen molar-refractivity contribution < 1.29 is 14.5 Å². The standard InChI is InChI=1S/C18H15N3O4/c1-20-18-13(8-9-16(22)25-2)10-14(21(23)24)11-15(18)17(19-20)12-6-4-3-5-7-12/h3-11H,1-2H3/b9-8+. The van der Waals surface area contributed by atoms with Gasteiger partial charge in [0.25, 0.3) is 5.69 Å². The van der Waals surface area contributed by atoms with Crippen molar-refractivity contribution in [3.63, 3.8) is 0 Å². The number of rotatable bonds is 4. The normalized spacial score (nSPS) is 11.1. The Morgan fingerprint density at radius 2 is 2.00 bits per heavy atom. The molecule has 1 aromatic heterocycles. The zero-order valence-electron chi connectivity index (χ0n) is 13.7. The minimum atomic E-state index is -0.537. The third kappa shape index (κ3) is 3.12. The van der Waals surface area contributed by atoms with Gasteiger partial charge >= 0.3 is 5.97 Å². The van der Waals surface area contributed by atoms with Crippen LogP contribution in [0.5, 0.6) is 0 Å². The molecule has 0 aliphatic rings. The molecule has 0 aliphatic heterocycles. The van der Waals surface area contributed by atoms with Crippen LogP contribution in [0.3, 0.4) is 0 Å². The monoisotopic (exact) mass is 337 g/mol. The maximum atomic E-state index is 11.4. The number of nitrogens with zero attached hydrogens (tertiary/aromatic N) is 3. The zero-order chi connectivity index (χ0) is 18.0. The van der Waals surface area contributed by atoms with E-state index in [1.54, 1.807) is 11.7 Å². The van der Waals surface area contributed by atoms with E-state index in [0.29, 0.717) is 22.2 Å². The first kappa shape index (κ1) is 16.4. The molecule has 3 aromatic rings. The van der Waals surface area contributed by atoms with Gasteiger partial charge in [-0.2, -0.15) is 5.10 Å². The summed E-state index contributed by atoms with van der Waals surface area (Å²) in [5.74, 6) is -0.537. The molecule has 0 saturated heterocycles. The predicted molar refractivity (Wildman–Crippen MR) is 93.9 cm³/mol. The Hall–Kier alpha value is -3.48. The van der Waals surface area contributed by atoms with Crippen LogP contribution in [0.2, 0.25) is 0 Å². The Balaban J connectivity index is 2.29. The molecular formula is C18H15N3O4. The maximum absolute atomic E-state index is 11.4. The summed E-state index contributed by atoms with van der Waals surface area (Å²) in [7, 11) is 3.03. The van der Waals surface area contributed by atoms with Gasteiger partial charge < -0.3 is 4.74 Å². The molecule has 0 N–H and O–H groups in total. The molecular weight excluding hydrogens is 322 g/mol. The minimum absolute atomic E-state index is 0.0674. The molecule has 126 valence electrons. The van der Waals surface area contributed by atoms with E-state index in [4.69, 9.17) is 0 Å². The molecule has 1 heterocycles. The van der Waals surface area contributed by atoms with E-state index in [2.05, 4.69) is 9.84 Å². The molecule has 0 fully saturated rings. The van der Waals surface area contributed by atoms with Gasteiger partial charge in [0.1, 0.15) is 5.69 Å². The van der Waals surface area contributed by atoms with Crippen LogP contribution in [0.1, 0.15) is 5.56 Å². The number of non-ortho nitro benzene ring substituents is 1. The van der Waals surface area contributed by atoms with Crippen LogP contribution in [0, 0.1) is 10.1 Å². The van der Waals surface area contributed by atoms with Gasteiger partial charge in [0.2, 0.25) is 0 Å². The molecule has 0 spiro atoms. The highest BCUT2D eigenvalue weighted by molar-refractivity contribution is 6.00. The van der Waals surface area contributed by atoms with Crippen molar-refractivity contribution >= 4 is 28.6 Å². The van der Waals surface area contributed by atoms with Gasteiger partial charge in [0.05, 0.1) is 17.5 Å². The summed E-state index contributed by atoms with van der Waals surface area (Å²) in [6, 6.07) is 12.4. The largest absolute Gasteiger partial charge is 0.466 e. The Bertz CT molecular complexity index is 990. The lowest BCUT2D eigenvalue weighted by Gasteiger charge is -2.02.